The van der Waals surface area contributed by atoms with Crippen molar-refractivity contribution >= 4 is 33.5 Å². The number of hydrogen-bond donors (Lipinski definition) is 1. The molecular formula is C8H11ClO3S2. The van der Waals surface area contributed by atoms with Crippen molar-refractivity contribution in [2.24, 2.45) is 0 Å². The Morgan fingerprint density at radius 3 is 1.86 bits per heavy atom. The lowest BCUT2D eigenvalue weighted by Gasteiger charge is -1.94. The van der Waals surface area contributed by atoms with E-state index in [0.29, 0.717) is 5.02 Å². The van der Waals surface area contributed by atoms with Crippen LogP contribution in [0.3, 0.4) is 0 Å². The van der Waals surface area contributed by atoms with Gasteiger partial charge >= 0.3 is 0 Å². The quantitative estimate of drug-likeness (QED) is 0.783. The third kappa shape index (κ3) is 5.49. The summed E-state index contributed by atoms with van der Waals surface area (Å²) in [6, 6.07) is 5.25. The molecule has 0 unspecified atom stereocenters. The highest BCUT2D eigenvalue weighted by molar-refractivity contribution is 7.97. The smallest absolute Gasteiger partial charge is 0.282 e. The first-order chi connectivity index (χ1) is 6.41. The minimum atomic E-state index is -4.08. The van der Waals surface area contributed by atoms with Gasteiger partial charge < -0.3 is 0 Å². The zero-order valence-corrected chi connectivity index (χ0v) is 10.2. The minimum absolute atomic E-state index is 0.151. The maximum Gasteiger partial charge on any atom is 0.294 e. The average molecular weight is 255 g/mol. The zero-order valence-electron chi connectivity index (χ0n) is 7.77. The van der Waals surface area contributed by atoms with Gasteiger partial charge in [0.25, 0.3) is 10.1 Å². The molecule has 14 heavy (non-hydrogen) atoms. The molecule has 0 heterocycles. The minimum Gasteiger partial charge on any atom is -0.282 e. The first-order valence-corrected chi connectivity index (χ1v) is 7.00. The van der Waals surface area contributed by atoms with Crippen molar-refractivity contribution in [1.29, 1.82) is 0 Å². The molecule has 1 aromatic rings. The van der Waals surface area contributed by atoms with Gasteiger partial charge in [-0.1, -0.05) is 11.6 Å². The number of halogens is 1. The lowest BCUT2D eigenvalue weighted by Crippen LogP contribution is -1.96. The topological polar surface area (TPSA) is 54.4 Å². The molecule has 0 saturated carbocycles. The molecule has 0 aromatic heterocycles. The predicted molar refractivity (Wildman–Crippen MR) is 60.7 cm³/mol. The van der Waals surface area contributed by atoms with Gasteiger partial charge in [-0.15, -0.1) is 0 Å². The molecule has 80 valence electrons. The number of thioether (sulfide) groups is 1. The maximum absolute atomic E-state index is 10.5. The summed E-state index contributed by atoms with van der Waals surface area (Å²) in [6.45, 7) is 0. The summed E-state index contributed by atoms with van der Waals surface area (Å²) in [5, 5.41) is 0.428. The van der Waals surface area contributed by atoms with Gasteiger partial charge in [-0.25, -0.2) is 0 Å². The van der Waals surface area contributed by atoms with E-state index in [1.54, 1.807) is 11.8 Å². The Kier molecular flexibility index (Phi) is 6.19. The van der Waals surface area contributed by atoms with Gasteiger partial charge in [0, 0.05) is 5.02 Å². The van der Waals surface area contributed by atoms with Crippen molar-refractivity contribution in [2.75, 3.05) is 12.5 Å². The Balaban J connectivity index is 0.000000500. The van der Waals surface area contributed by atoms with Crippen molar-refractivity contribution in [1.82, 2.24) is 0 Å². The predicted octanol–water partition coefficient (Wildman–Crippen LogP) is 2.57. The van der Waals surface area contributed by atoms with Gasteiger partial charge in [-0.3, -0.25) is 4.55 Å². The molecule has 0 radical (unpaired) electrons. The Labute approximate surface area is 93.2 Å². The molecule has 0 aliphatic heterocycles. The highest BCUT2D eigenvalue weighted by Crippen LogP contribution is 2.12. The summed E-state index contributed by atoms with van der Waals surface area (Å²) in [6.07, 6.45) is 4.08. The zero-order chi connectivity index (χ0) is 11.2. The molecule has 1 N–H and O–H groups in total. The Bertz CT molecular complexity index is 359. The van der Waals surface area contributed by atoms with Gasteiger partial charge in [0.2, 0.25) is 0 Å². The molecule has 0 saturated heterocycles. The first kappa shape index (κ1) is 13.8. The largest absolute Gasteiger partial charge is 0.294 e. The third-order valence-corrected chi connectivity index (χ3v) is 2.23. The normalized spacial score (nSPS) is 10.3. The van der Waals surface area contributed by atoms with Gasteiger partial charge in [0.05, 0.1) is 4.90 Å². The fraction of sp³-hybridized carbons (Fsp3) is 0.250. The molecule has 3 nitrogen and oxygen atoms in total. The summed E-state index contributed by atoms with van der Waals surface area (Å²) in [7, 11) is -4.08. The highest BCUT2D eigenvalue weighted by atomic mass is 35.5. The summed E-state index contributed by atoms with van der Waals surface area (Å²) < 4.78 is 29.4. The standard InChI is InChI=1S/C6H5ClO3S.C2H6S/c7-5-1-3-6(4-2-5)11(8,9)10;1-3-2/h1-4H,(H,8,9,10);1-2H3. The van der Waals surface area contributed by atoms with E-state index >= 15 is 0 Å². The molecule has 0 aliphatic rings. The van der Waals surface area contributed by atoms with Crippen molar-refractivity contribution in [3.05, 3.63) is 29.3 Å². The van der Waals surface area contributed by atoms with Crippen LogP contribution in [0, 0.1) is 0 Å². The fourth-order valence-electron chi connectivity index (χ4n) is 0.607. The third-order valence-electron chi connectivity index (χ3n) is 1.11. The van der Waals surface area contributed by atoms with Crippen LogP contribution in [-0.2, 0) is 10.1 Å². The van der Waals surface area contributed by atoms with E-state index in [-0.39, 0.29) is 4.90 Å². The molecule has 0 bridgehead atoms. The van der Waals surface area contributed by atoms with E-state index in [0.717, 1.165) is 0 Å². The molecule has 0 aliphatic carbocycles. The van der Waals surface area contributed by atoms with Crippen molar-refractivity contribution in [3.63, 3.8) is 0 Å². The van der Waals surface area contributed by atoms with Crippen LogP contribution in [0.4, 0.5) is 0 Å². The van der Waals surface area contributed by atoms with Crippen LogP contribution in [-0.4, -0.2) is 25.5 Å². The van der Waals surface area contributed by atoms with Gasteiger partial charge in [0.15, 0.2) is 0 Å². The van der Waals surface area contributed by atoms with E-state index in [1.165, 1.54) is 24.3 Å². The van der Waals surface area contributed by atoms with Gasteiger partial charge in [-0.05, 0) is 36.8 Å². The van der Waals surface area contributed by atoms with E-state index in [1.807, 2.05) is 12.5 Å². The summed E-state index contributed by atoms with van der Waals surface area (Å²) in [5.41, 5.74) is 0. The van der Waals surface area contributed by atoms with Gasteiger partial charge in [-0.2, -0.15) is 20.2 Å². The molecule has 1 aromatic carbocycles. The molecule has 0 spiro atoms. The number of hydrogen-bond acceptors (Lipinski definition) is 3. The maximum atomic E-state index is 10.5. The van der Waals surface area contributed by atoms with E-state index in [9.17, 15) is 8.42 Å². The molecule has 6 heteroatoms. The number of benzene rings is 1. The second kappa shape index (κ2) is 6.29. The summed E-state index contributed by atoms with van der Waals surface area (Å²) in [5.74, 6) is 0. The van der Waals surface area contributed by atoms with Crippen LogP contribution in [0.5, 0.6) is 0 Å². The lowest BCUT2D eigenvalue weighted by atomic mass is 10.4. The van der Waals surface area contributed by atoms with Crippen LogP contribution < -0.4 is 0 Å². The average Bonchev–Trinajstić information content (AvgIpc) is 2.04. The van der Waals surface area contributed by atoms with Crippen molar-refractivity contribution < 1.29 is 13.0 Å². The van der Waals surface area contributed by atoms with E-state index in [2.05, 4.69) is 0 Å². The summed E-state index contributed by atoms with van der Waals surface area (Å²) in [4.78, 5) is -0.151. The van der Waals surface area contributed by atoms with Crippen molar-refractivity contribution in [3.8, 4) is 0 Å². The molecular weight excluding hydrogens is 244 g/mol. The fourth-order valence-corrected chi connectivity index (χ4v) is 1.21. The van der Waals surface area contributed by atoms with Crippen LogP contribution in [0.15, 0.2) is 29.2 Å². The second-order valence-electron chi connectivity index (χ2n) is 2.34. The van der Waals surface area contributed by atoms with Crippen LogP contribution in [0.25, 0.3) is 0 Å². The SMILES string of the molecule is CSC.O=S(=O)(O)c1ccc(Cl)cc1. The summed E-state index contributed by atoms with van der Waals surface area (Å²) >= 11 is 7.24. The second-order valence-corrected chi connectivity index (χ2v) is 5.01. The Morgan fingerprint density at radius 2 is 1.57 bits per heavy atom. The van der Waals surface area contributed by atoms with Gasteiger partial charge in [0.1, 0.15) is 0 Å². The molecule has 0 fully saturated rings. The van der Waals surface area contributed by atoms with E-state index in [4.69, 9.17) is 16.2 Å². The Morgan fingerprint density at radius 1 is 1.21 bits per heavy atom. The highest BCUT2D eigenvalue weighted by Gasteiger charge is 2.07. The van der Waals surface area contributed by atoms with Crippen molar-refractivity contribution in [2.45, 2.75) is 4.90 Å². The molecule has 0 amide bonds. The van der Waals surface area contributed by atoms with Crippen LogP contribution >= 0.6 is 23.4 Å². The van der Waals surface area contributed by atoms with Crippen LogP contribution in [0.2, 0.25) is 5.02 Å². The number of rotatable bonds is 1. The van der Waals surface area contributed by atoms with Crippen LogP contribution in [0.1, 0.15) is 0 Å². The molecule has 0 atom stereocenters. The molecule has 1 rings (SSSR count). The Hall–Kier alpha value is -0.230. The lowest BCUT2D eigenvalue weighted by molar-refractivity contribution is 0.483. The first-order valence-electron chi connectivity index (χ1n) is 3.55. The van der Waals surface area contributed by atoms with E-state index < -0.39 is 10.1 Å². The monoisotopic (exact) mass is 254 g/mol.